The summed E-state index contributed by atoms with van der Waals surface area (Å²) in [4.78, 5) is 27.8. The van der Waals surface area contributed by atoms with Crippen molar-refractivity contribution in [2.45, 2.75) is 31.6 Å². The third-order valence-corrected chi connectivity index (χ3v) is 4.94. The summed E-state index contributed by atoms with van der Waals surface area (Å²) in [5, 5.41) is 18.6. The molecule has 7 nitrogen and oxygen atoms in total. The molecule has 0 saturated heterocycles. The van der Waals surface area contributed by atoms with Crippen LogP contribution in [-0.4, -0.2) is 49.1 Å². The number of hydrogen-bond donors (Lipinski definition) is 4. The van der Waals surface area contributed by atoms with E-state index in [2.05, 4.69) is 20.9 Å². The number of rotatable bonds is 8. The van der Waals surface area contributed by atoms with Crippen LogP contribution < -0.4 is 16.0 Å². The normalized spacial score (nSPS) is 17.9. The molecule has 1 aliphatic heterocycles. The first-order valence-electron chi connectivity index (χ1n) is 10.1. The van der Waals surface area contributed by atoms with E-state index in [1.807, 2.05) is 42.5 Å². The number of hydrogen-bond acceptors (Lipinski definition) is 5. The van der Waals surface area contributed by atoms with Crippen LogP contribution >= 0.6 is 0 Å². The SMILES string of the molecule is O=C(O)CC1C=C(CNC(=O)CCCNC2=NCCCN2)C=Cc2ccccc21. The topological polar surface area (TPSA) is 103 Å². The molecule has 1 aliphatic carbocycles. The maximum Gasteiger partial charge on any atom is 0.304 e. The highest BCUT2D eigenvalue weighted by atomic mass is 16.4. The molecule has 0 fully saturated rings. The van der Waals surface area contributed by atoms with E-state index in [-0.39, 0.29) is 18.2 Å². The molecule has 0 saturated carbocycles. The van der Waals surface area contributed by atoms with Gasteiger partial charge in [-0.1, -0.05) is 42.5 Å². The first-order valence-corrected chi connectivity index (χ1v) is 10.1. The summed E-state index contributed by atoms with van der Waals surface area (Å²) < 4.78 is 0. The lowest BCUT2D eigenvalue weighted by molar-refractivity contribution is -0.137. The van der Waals surface area contributed by atoms with Gasteiger partial charge in [0.05, 0.1) is 6.42 Å². The molecule has 0 spiro atoms. The Hall–Kier alpha value is -3.09. The first-order chi connectivity index (χ1) is 14.1. The molecule has 4 N–H and O–H groups in total. The van der Waals surface area contributed by atoms with Crippen molar-refractivity contribution < 1.29 is 14.7 Å². The summed E-state index contributed by atoms with van der Waals surface area (Å²) in [5.41, 5.74) is 2.93. The third kappa shape index (κ3) is 6.48. The lowest BCUT2D eigenvalue weighted by Gasteiger charge is -2.15. The van der Waals surface area contributed by atoms with Crippen LogP contribution in [0.5, 0.6) is 0 Å². The number of nitrogens with one attached hydrogen (secondary N) is 3. The number of allylic oxidation sites excluding steroid dienone is 1. The minimum absolute atomic E-state index is 0.0174. The molecular weight excluding hydrogens is 368 g/mol. The van der Waals surface area contributed by atoms with Gasteiger partial charge in [0.15, 0.2) is 5.96 Å². The van der Waals surface area contributed by atoms with Crippen molar-refractivity contribution in [1.29, 1.82) is 0 Å². The van der Waals surface area contributed by atoms with Gasteiger partial charge in [0, 0.05) is 38.5 Å². The molecule has 0 bridgehead atoms. The number of nitrogens with zero attached hydrogens (tertiary/aromatic N) is 1. The highest BCUT2D eigenvalue weighted by Gasteiger charge is 2.18. The Morgan fingerprint density at radius 1 is 1.24 bits per heavy atom. The summed E-state index contributed by atoms with van der Waals surface area (Å²) in [5.74, 6) is -0.250. The second-order valence-corrected chi connectivity index (χ2v) is 7.23. The number of guanidine groups is 1. The van der Waals surface area contributed by atoms with Gasteiger partial charge in [-0.25, -0.2) is 0 Å². The molecule has 1 atom stereocenters. The molecule has 154 valence electrons. The van der Waals surface area contributed by atoms with Gasteiger partial charge >= 0.3 is 5.97 Å². The second kappa shape index (κ2) is 10.5. The molecule has 2 aliphatic rings. The van der Waals surface area contributed by atoms with Gasteiger partial charge in [0.2, 0.25) is 5.91 Å². The van der Waals surface area contributed by atoms with Gasteiger partial charge in [0.1, 0.15) is 0 Å². The Bertz CT molecular complexity index is 829. The Balaban J connectivity index is 1.48. The van der Waals surface area contributed by atoms with Crippen molar-refractivity contribution in [2.75, 3.05) is 26.2 Å². The largest absolute Gasteiger partial charge is 0.481 e. The maximum absolute atomic E-state index is 12.2. The highest BCUT2D eigenvalue weighted by molar-refractivity contribution is 5.80. The molecule has 0 aromatic heterocycles. The van der Waals surface area contributed by atoms with E-state index in [0.717, 1.165) is 42.2 Å². The Kier molecular flexibility index (Phi) is 7.44. The first kappa shape index (κ1) is 20.6. The fourth-order valence-electron chi connectivity index (χ4n) is 3.47. The monoisotopic (exact) mass is 396 g/mol. The number of carbonyl (C=O) groups excluding carboxylic acids is 1. The number of carboxylic acid groups (broad SMARTS) is 1. The minimum atomic E-state index is -0.837. The third-order valence-electron chi connectivity index (χ3n) is 4.94. The average Bonchev–Trinajstić information content (AvgIpc) is 2.90. The van der Waals surface area contributed by atoms with Crippen LogP contribution in [0.2, 0.25) is 0 Å². The van der Waals surface area contributed by atoms with Crippen LogP contribution in [0.3, 0.4) is 0 Å². The maximum atomic E-state index is 12.2. The van der Waals surface area contributed by atoms with Crippen molar-refractivity contribution in [3.05, 3.63) is 53.1 Å². The Labute approximate surface area is 171 Å². The van der Waals surface area contributed by atoms with Crippen molar-refractivity contribution in [1.82, 2.24) is 16.0 Å². The van der Waals surface area contributed by atoms with Gasteiger partial charge in [-0.15, -0.1) is 0 Å². The van der Waals surface area contributed by atoms with Crippen molar-refractivity contribution in [3.8, 4) is 0 Å². The number of carboxylic acids is 1. The Morgan fingerprint density at radius 3 is 2.90 bits per heavy atom. The van der Waals surface area contributed by atoms with Crippen LogP contribution in [0.4, 0.5) is 0 Å². The smallest absolute Gasteiger partial charge is 0.304 e. The van der Waals surface area contributed by atoms with Gasteiger partial charge < -0.3 is 21.1 Å². The highest BCUT2D eigenvalue weighted by Crippen LogP contribution is 2.30. The number of carbonyl (C=O) groups is 2. The number of benzene rings is 1. The van der Waals surface area contributed by atoms with Gasteiger partial charge in [-0.2, -0.15) is 0 Å². The molecule has 1 aromatic carbocycles. The van der Waals surface area contributed by atoms with Crippen LogP contribution in [0.1, 0.15) is 42.7 Å². The van der Waals surface area contributed by atoms with E-state index in [1.54, 1.807) is 0 Å². The van der Waals surface area contributed by atoms with Crippen molar-refractivity contribution >= 4 is 23.9 Å². The fraction of sp³-hybridized carbons (Fsp3) is 0.409. The summed E-state index contributed by atoms with van der Waals surface area (Å²) >= 11 is 0. The lowest BCUT2D eigenvalue weighted by Crippen LogP contribution is -2.41. The minimum Gasteiger partial charge on any atom is -0.481 e. The summed E-state index contributed by atoms with van der Waals surface area (Å²) in [6.45, 7) is 2.85. The molecule has 1 aromatic rings. The number of aliphatic imine (C=N–C) groups is 1. The van der Waals surface area contributed by atoms with Crippen LogP contribution in [0, 0.1) is 0 Å². The molecule has 7 heteroatoms. The summed E-state index contributed by atoms with van der Waals surface area (Å²) in [6.07, 6.45) is 8.11. The van der Waals surface area contributed by atoms with Crippen LogP contribution in [-0.2, 0) is 9.59 Å². The van der Waals surface area contributed by atoms with Crippen molar-refractivity contribution in [3.63, 3.8) is 0 Å². The molecule has 1 unspecified atom stereocenters. The zero-order valence-electron chi connectivity index (χ0n) is 16.5. The van der Waals surface area contributed by atoms with Gasteiger partial charge in [-0.05, 0) is 29.5 Å². The molecule has 1 amide bonds. The van der Waals surface area contributed by atoms with Crippen LogP contribution in [0.15, 0.2) is 47.0 Å². The number of aliphatic carboxylic acids is 1. The van der Waals surface area contributed by atoms with E-state index in [9.17, 15) is 14.7 Å². The summed E-state index contributed by atoms with van der Waals surface area (Å²) in [6, 6.07) is 7.80. The van der Waals surface area contributed by atoms with Gasteiger partial charge in [0.25, 0.3) is 0 Å². The average molecular weight is 396 g/mol. The number of amides is 1. The molecular formula is C22H28N4O3. The van der Waals surface area contributed by atoms with E-state index >= 15 is 0 Å². The second-order valence-electron chi connectivity index (χ2n) is 7.23. The lowest BCUT2D eigenvalue weighted by atomic mass is 9.91. The van der Waals surface area contributed by atoms with E-state index in [1.165, 1.54) is 0 Å². The quantitative estimate of drug-likeness (QED) is 0.504. The van der Waals surface area contributed by atoms with Crippen LogP contribution in [0.25, 0.3) is 6.08 Å². The predicted molar refractivity (Wildman–Crippen MR) is 114 cm³/mol. The number of fused-ring (bicyclic) bond motifs is 1. The Morgan fingerprint density at radius 2 is 2.10 bits per heavy atom. The molecule has 1 heterocycles. The predicted octanol–water partition coefficient (Wildman–Crippen LogP) is 2.03. The standard InChI is InChI=1S/C22H28N4O3/c27-20(7-3-10-23-22-24-11-4-12-25-22)26-15-16-8-9-17-5-1-2-6-19(17)18(13-16)14-21(28)29/h1-2,5-6,8-9,13,18H,3-4,7,10-12,14-15H2,(H,26,27)(H,28,29)(H2,23,24,25). The van der Waals surface area contributed by atoms with E-state index in [0.29, 0.717) is 25.9 Å². The summed E-state index contributed by atoms with van der Waals surface area (Å²) in [7, 11) is 0. The molecule has 29 heavy (non-hydrogen) atoms. The molecule has 0 radical (unpaired) electrons. The van der Waals surface area contributed by atoms with Crippen molar-refractivity contribution in [2.24, 2.45) is 4.99 Å². The molecule has 3 rings (SSSR count). The van der Waals surface area contributed by atoms with Gasteiger partial charge in [-0.3, -0.25) is 14.6 Å². The fourth-order valence-corrected chi connectivity index (χ4v) is 3.47. The van der Waals surface area contributed by atoms with E-state index < -0.39 is 5.97 Å². The zero-order chi connectivity index (χ0) is 20.5. The van der Waals surface area contributed by atoms with E-state index in [4.69, 9.17) is 0 Å². The zero-order valence-corrected chi connectivity index (χ0v) is 16.5.